The highest BCUT2D eigenvalue weighted by molar-refractivity contribution is 7.88. The molecule has 0 radical (unpaired) electrons. The Morgan fingerprint density at radius 2 is 1.70 bits per heavy atom. The third-order valence-corrected chi connectivity index (χ3v) is 6.21. The summed E-state index contributed by atoms with van der Waals surface area (Å²) in [5.74, 6) is -1.81. The number of hydrogen-bond acceptors (Lipinski definition) is 8. The molecule has 0 saturated heterocycles. The van der Waals surface area contributed by atoms with Gasteiger partial charge in [-0.25, -0.2) is 9.59 Å². The van der Waals surface area contributed by atoms with Gasteiger partial charge in [-0.05, 0) is 38.0 Å². The Hall–Kier alpha value is -3.48. The van der Waals surface area contributed by atoms with Crippen molar-refractivity contribution < 1.29 is 49.6 Å². The minimum atomic E-state index is -6.02. The van der Waals surface area contributed by atoms with Crippen LogP contribution in [0.2, 0.25) is 0 Å². The Labute approximate surface area is 212 Å². The standard InChI is InChI=1S/C24H26F3NO8S/c1-23(2,3)35-22(30)28-13-16-10-11-19(36-37(31,32)24(25,26)27)20(17(16)12-18(28)21(29)33-4)34-14-15-8-6-5-7-9-15/h5-11,18H,12-14H2,1-4H3. The minimum absolute atomic E-state index is 0.140. The lowest BCUT2D eigenvalue weighted by molar-refractivity contribution is -0.147. The summed E-state index contributed by atoms with van der Waals surface area (Å²) >= 11 is 0. The molecule has 0 spiro atoms. The Balaban J connectivity index is 2.08. The molecule has 0 aromatic heterocycles. The molecule has 2 aromatic carbocycles. The Morgan fingerprint density at radius 3 is 2.27 bits per heavy atom. The van der Waals surface area contributed by atoms with Crippen molar-refractivity contribution in [2.24, 2.45) is 0 Å². The largest absolute Gasteiger partial charge is 0.534 e. The number of benzene rings is 2. The fourth-order valence-corrected chi connectivity index (χ4v) is 4.06. The van der Waals surface area contributed by atoms with Crippen LogP contribution in [0.4, 0.5) is 18.0 Å². The number of nitrogens with zero attached hydrogens (tertiary/aromatic N) is 1. The van der Waals surface area contributed by atoms with E-state index in [0.29, 0.717) is 11.1 Å². The van der Waals surface area contributed by atoms with Crippen molar-refractivity contribution in [2.75, 3.05) is 7.11 Å². The van der Waals surface area contributed by atoms with Gasteiger partial charge in [0.1, 0.15) is 18.2 Å². The van der Waals surface area contributed by atoms with E-state index in [2.05, 4.69) is 4.18 Å². The monoisotopic (exact) mass is 545 g/mol. The molecule has 3 rings (SSSR count). The van der Waals surface area contributed by atoms with Crippen LogP contribution in [-0.2, 0) is 44.0 Å². The van der Waals surface area contributed by atoms with Crippen molar-refractivity contribution in [1.29, 1.82) is 0 Å². The quantitative estimate of drug-likeness (QED) is 0.300. The molecule has 0 aliphatic carbocycles. The highest BCUT2D eigenvalue weighted by Gasteiger charge is 2.49. The van der Waals surface area contributed by atoms with Gasteiger partial charge in [-0.2, -0.15) is 21.6 Å². The van der Waals surface area contributed by atoms with Crippen molar-refractivity contribution in [2.45, 2.75) is 57.5 Å². The minimum Gasteiger partial charge on any atom is -0.485 e. The van der Waals surface area contributed by atoms with Gasteiger partial charge >= 0.3 is 27.7 Å². The summed E-state index contributed by atoms with van der Waals surface area (Å²) in [6.45, 7) is 4.62. The molecule has 0 saturated carbocycles. The Morgan fingerprint density at radius 1 is 1.05 bits per heavy atom. The summed E-state index contributed by atoms with van der Waals surface area (Å²) < 4.78 is 83.1. The second-order valence-corrected chi connectivity index (χ2v) is 10.7. The SMILES string of the molecule is COC(=O)C1Cc2c(ccc(OS(=O)(=O)C(F)(F)F)c2OCc2ccccc2)CN1C(=O)OC(C)(C)C. The zero-order valence-corrected chi connectivity index (χ0v) is 21.3. The first-order valence-corrected chi connectivity index (χ1v) is 12.4. The molecule has 13 heteroatoms. The van der Waals surface area contributed by atoms with Gasteiger partial charge in [0.25, 0.3) is 0 Å². The van der Waals surface area contributed by atoms with Crippen molar-refractivity contribution in [3.05, 3.63) is 59.2 Å². The molecule has 0 N–H and O–H groups in total. The van der Waals surface area contributed by atoms with Crippen molar-refractivity contribution in [3.63, 3.8) is 0 Å². The van der Waals surface area contributed by atoms with E-state index >= 15 is 0 Å². The van der Waals surface area contributed by atoms with E-state index in [4.69, 9.17) is 14.2 Å². The topological polar surface area (TPSA) is 108 Å². The molecule has 202 valence electrons. The molecule has 1 amide bonds. The molecule has 1 heterocycles. The number of methoxy groups -OCH3 is 1. The van der Waals surface area contributed by atoms with Gasteiger partial charge in [0.15, 0.2) is 11.5 Å². The van der Waals surface area contributed by atoms with Crippen LogP contribution in [0.15, 0.2) is 42.5 Å². The Kier molecular flexibility index (Phi) is 7.96. The summed E-state index contributed by atoms with van der Waals surface area (Å²) in [6, 6.07) is 9.68. The molecule has 9 nitrogen and oxygen atoms in total. The van der Waals surface area contributed by atoms with Gasteiger partial charge in [-0.1, -0.05) is 36.4 Å². The number of rotatable bonds is 6. The summed E-state index contributed by atoms with van der Waals surface area (Å²) in [7, 11) is -4.90. The number of alkyl halides is 3. The summed E-state index contributed by atoms with van der Waals surface area (Å²) in [6.07, 6.45) is -1.06. The third kappa shape index (κ3) is 6.64. The fraction of sp³-hybridized carbons (Fsp3) is 0.417. The third-order valence-electron chi connectivity index (χ3n) is 5.25. The number of carbonyl (C=O) groups excluding carboxylic acids is 2. The first-order valence-electron chi connectivity index (χ1n) is 11.0. The van der Waals surface area contributed by atoms with E-state index in [9.17, 15) is 31.2 Å². The van der Waals surface area contributed by atoms with Gasteiger partial charge in [0.2, 0.25) is 0 Å². The van der Waals surface area contributed by atoms with Gasteiger partial charge < -0.3 is 18.4 Å². The number of amides is 1. The first kappa shape index (κ1) is 28.1. The maximum absolute atomic E-state index is 13.1. The lowest BCUT2D eigenvalue weighted by atomic mass is 9.93. The lowest BCUT2D eigenvalue weighted by Crippen LogP contribution is -2.50. The van der Waals surface area contributed by atoms with E-state index in [-0.39, 0.29) is 30.9 Å². The fourth-order valence-electron chi connectivity index (χ4n) is 3.59. The molecule has 1 unspecified atom stereocenters. The van der Waals surface area contributed by atoms with E-state index in [1.807, 2.05) is 0 Å². The molecule has 0 bridgehead atoms. The van der Waals surface area contributed by atoms with Gasteiger partial charge in [0.05, 0.1) is 13.7 Å². The zero-order chi connectivity index (χ0) is 27.6. The maximum Gasteiger partial charge on any atom is 0.534 e. The normalized spacial score (nSPS) is 16.0. The van der Waals surface area contributed by atoms with Crippen LogP contribution in [0.1, 0.15) is 37.5 Å². The van der Waals surface area contributed by atoms with Crippen LogP contribution in [0.25, 0.3) is 0 Å². The average Bonchev–Trinajstić information content (AvgIpc) is 2.80. The number of ether oxygens (including phenoxy) is 3. The predicted octanol–water partition coefficient (Wildman–Crippen LogP) is 4.33. The molecule has 1 aliphatic rings. The number of esters is 1. The summed E-state index contributed by atoms with van der Waals surface area (Å²) in [5, 5.41) is 0. The predicted molar refractivity (Wildman–Crippen MR) is 124 cm³/mol. The van der Waals surface area contributed by atoms with Crippen LogP contribution < -0.4 is 8.92 Å². The zero-order valence-electron chi connectivity index (χ0n) is 20.5. The lowest BCUT2D eigenvalue weighted by Gasteiger charge is -2.36. The van der Waals surface area contributed by atoms with E-state index in [0.717, 1.165) is 18.1 Å². The highest BCUT2D eigenvalue weighted by atomic mass is 32.2. The highest BCUT2D eigenvalue weighted by Crippen LogP contribution is 2.41. The van der Waals surface area contributed by atoms with Crippen LogP contribution in [-0.4, -0.2) is 49.6 Å². The molecule has 37 heavy (non-hydrogen) atoms. The molecule has 0 fully saturated rings. The van der Waals surface area contributed by atoms with Gasteiger partial charge in [-0.3, -0.25) is 4.90 Å². The van der Waals surface area contributed by atoms with Crippen LogP contribution in [0.3, 0.4) is 0 Å². The van der Waals surface area contributed by atoms with Crippen LogP contribution in [0, 0.1) is 0 Å². The van der Waals surface area contributed by atoms with Crippen molar-refractivity contribution >= 4 is 22.2 Å². The van der Waals surface area contributed by atoms with E-state index in [1.54, 1.807) is 51.1 Å². The van der Waals surface area contributed by atoms with Gasteiger partial charge in [-0.15, -0.1) is 0 Å². The molecule has 1 atom stereocenters. The molecule has 1 aliphatic heterocycles. The van der Waals surface area contributed by atoms with Crippen molar-refractivity contribution in [1.82, 2.24) is 4.90 Å². The van der Waals surface area contributed by atoms with Crippen LogP contribution in [0.5, 0.6) is 11.5 Å². The maximum atomic E-state index is 13.1. The number of carbonyl (C=O) groups is 2. The number of hydrogen-bond donors (Lipinski definition) is 0. The molecule has 2 aromatic rings. The molecular weight excluding hydrogens is 519 g/mol. The van der Waals surface area contributed by atoms with E-state index < -0.39 is 45.1 Å². The summed E-state index contributed by atoms with van der Waals surface area (Å²) in [5.41, 5.74) is -5.32. The second kappa shape index (κ2) is 10.5. The van der Waals surface area contributed by atoms with Gasteiger partial charge in [0, 0.05) is 12.0 Å². The number of halogens is 3. The first-order chi connectivity index (χ1) is 17.1. The molecular formula is C24H26F3NO8S. The summed E-state index contributed by atoms with van der Waals surface area (Å²) in [4.78, 5) is 26.6. The van der Waals surface area contributed by atoms with Crippen molar-refractivity contribution in [3.8, 4) is 11.5 Å². The number of fused-ring (bicyclic) bond motifs is 1. The van der Waals surface area contributed by atoms with Crippen LogP contribution >= 0.6 is 0 Å². The second-order valence-electron chi connectivity index (χ2n) is 9.14. The smallest absolute Gasteiger partial charge is 0.485 e. The van der Waals surface area contributed by atoms with E-state index in [1.165, 1.54) is 6.07 Å². The Bertz CT molecular complexity index is 1260. The average molecular weight is 546 g/mol.